The van der Waals surface area contributed by atoms with Gasteiger partial charge in [0.2, 0.25) is 5.69 Å². The third-order valence-electron chi connectivity index (χ3n) is 5.52. The van der Waals surface area contributed by atoms with Crippen molar-refractivity contribution in [3.8, 4) is 0 Å². The van der Waals surface area contributed by atoms with Gasteiger partial charge in [0.15, 0.2) is 0 Å². The fourth-order valence-corrected chi connectivity index (χ4v) is 3.90. The molecule has 1 aromatic heterocycles. The van der Waals surface area contributed by atoms with Crippen molar-refractivity contribution in [3.05, 3.63) is 33.7 Å². The highest BCUT2D eigenvalue weighted by Crippen LogP contribution is 2.26. The van der Waals surface area contributed by atoms with Crippen molar-refractivity contribution < 1.29 is 29.0 Å². The smallest absolute Gasteiger partial charge is 0.360 e. The van der Waals surface area contributed by atoms with Gasteiger partial charge in [0, 0.05) is 39.5 Å². The van der Waals surface area contributed by atoms with Crippen LogP contribution in [-0.4, -0.2) is 58.9 Å². The SMILES string of the molecule is CCC(OC(C)=O)C(C)C(Cn1c(=O)c(C(=O)O)nc2cc(C)c(N(C)C)cc21)OC(C)=O. The Kier molecular flexibility index (Phi) is 8.18. The molecule has 180 valence electrons. The van der Waals surface area contributed by atoms with E-state index in [2.05, 4.69) is 4.98 Å². The van der Waals surface area contributed by atoms with E-state index in [-0.39, 0.29) is 6.54 Å². The molecule has 10 heteroatoms. The van der Waals surface area contributed by atoms with Crippen LogP contribution in [-0.2, 0) is 25.6 Å². The highest BCUT2D eigenvalue weighted by Gasteiger charge is 2.31. The minimum Gasteiger partial charge on any atom is -0.476 e. The maximum absolute atomic E-state index is 13.1. The Morgan fingerprint density at radius 2 is 1.70 bits per heavy atom. The minimum atomic E-state index is -1.45. The number of carbonyl (C=O) groups is 3. The molecule has 1 heterocycles. The highest BCUT2D eigenvalue weighted by atomic mass is 16.6. The second-order valence-corrected chi connectivity index (χ2v) is 8.27. The van der Waals surface area contributed by atoms with Gasteiger partial charge in [-0.05, 0) is 31.0 Å². The van der Waals surface area contributed by atoms with E-state index in [4.69, 9.17) is 9.47 Å². The van der Waals surface area contributed by atoms with Gasteiger partial charge in [0.05, 0.1) is 17.6 Å². The number of aryl methyl sites for hydroxylation is 1. The van der Waals surface area contributed by atoms with E-state index in [0.717, 1.165) is 11.3 Å². The van der Waals surface area contributed by atoms with E-state index in [1.54, 1.807) is 19.1 Å². The minimum absolute atomic E-state index is 0.132. The van der Waals surface area contributed by atoms with Gasteiger partial charge in [0.25, 0.3) is 5.56 Å². The third kappa shape index (κ3) is 5.88. The quantitative estimate of drug-likeness (QED) is 0.560. The van der Waals surface area contributed by atoms with Crippen LogP contribution in [0, 0.1) is 12.8 Å². The van der Waals surface area contributed by atoms with E-state index in [0.29, 0.717) is 17.5 Å². The lowest BCUT2D eigenvalue weighted by atomic mass is 9.95. The number of rotatable bonds is 9. The van der Waals surface area contributed by atoms with Crippen LogP contribution in [0.3, 0.4) is 0 Å². The summed E-state index contributed by atoms with van der Waals surface area (Å²) in [5.74, 6) is -2.96. The number of aromatic nitrogens is 2. The number of aromatic carboxylic acids is 1. The molecular weight excluding hydrogens is 430 g/mol. The van der Waals surface area contributed by atoms with Crippen molar-refractivity contribution in [1.29, 1.82) is 0 Å². The van der Waals surface area contributed by atoms with E-state index in [1.165, 1.54) is 18.4 Å². The van der Waals surface area contributed by atoms with Crippen LogP contribution in [0.25, 0.3) is 11.0 Å². The fourth-order valence-electron chi connectivity index (χ4n) is 3.90. The molecule has 0 saturated carbocycles. The summed E-state index contributed by atoms with van der Waals surface area (Å²) in [6.07, 6.45) is -0.954. The molecule has 0 aliphatic heterocycles. The summed E-state index contributed by atoms with van der Waals surface area (Å²) in [6.45, 7) is 7.86. The van der Waals surface area contributed by atoms with Crippen molar-refractivity contribution in [2.45, 2.75) is 59.8 Å². The molecule has 1 aromatic carbocycles. The lowest BCUT2D eigenvalue weighted by Gasteiger charge is -2.30. The zero-order valence-corrected chi connectivity index (χ0v) is 20.0. The Hall–Kier alpha value is -3.43. The van der Waals surface area contributed by atoms with E-state index >= 15 is 0 Å². The van der Waals surface area contributed by atoms with Crippen LogP contribution in [0.5, 0.6) is 0 Å². The Morgan fingerprint density at radius 1 is 1.12 bits per heavy atom. The molecule has 0 radical (unpaired) electrons. The Labute approximate surface area is 192 Å². The third-order valence-corrected chi connectivity index (χ3v) is 5.52. The number of nitrogens with zero attached hydrogens (tertiary/aromatic N) is 3. The first-order valence-corrected chi connectivity index (χ1v) is 10.7. The first kappa shape index (κ1) is 25.8. The van der Waals surface area contributed by atoms with Gasteiger partial charge >= 0.3 is 17.9 Å². The molecule has 0 spiro atoms. The van der Waals surface area contributed by atoms with Crippen LogP contribution < -0.4 is 10.5 Å². The summed E-state index contributed by atoms with van der Waals surface area (Å²) in [6, 6.07) is 3.47. The molecule has 33 heavy (non-hydrogen) atoms. The van der Waals surface area contributed by atoms with Gasteiger partial charge in [-0.25, -0.2) is 9.78 Å². The number of esters is 2. The molecule has 0 saturated heterocycles. The number of fused-ring (bicyclic) bond motifs is 1. The van der Waals surface area contributed by atoms with E-state index in [9.17, 15) is 24.3 Å². The number of hydrogen-bond acceptors (Lipinski definition) is 8. The van der Waals surface area contributed by atoms with Crippen molar-refractivity contribution in [2.75, 3.05) is 19.0 Å². The van der Waals surface area contributed by atoms with Crippen LogP contribution in [0.4, 0.5) is 5.69 Å². The average Bonchev–Trinajstić information content (AvgIpc) is 2.71. The van der Waals surface area contributed by atoms with E-state index in [1.807, 2.05) is 32.8 Å². The zero-order chi connectivity index (χ0) is 25.0. The van der Waals surface area contributed by atoms with Crippen molar-refractivity contribution >= 4 is 34.6 Å². The van der Waals surface area contributed by atoms with Crippen molar-refractivity contribution in [3.63, 3.8) is 0 Å². The van der Waals surface area contributed by atoms with Gasteiger partial charge in [-0.15, -0.1) is 0 Å². The summed E-state index contributed by atoms with van der Waals surface area (Å²) in [5.41, 5.74) is 0.978. The number of hydrogen-bond donors (Lipinski definition) is 1. The molecule has 0 fully saturated rings. The summed E-state index contributed by atoms with van der Waals surface area (Å²) in [5, 5.41) is 9.55. The number of carboxylic acids is 1. The Morgan fingerprint density at radius 3 is 2.18 bits per heavy atom. The number of ether oxygens (including phenoxy) is 2. The zero-order valence-electron chi connectivity index (χ0n) is 20.0. The molecule has 2 aromatic rings. The summed E-state index contributed by atoms with van der Waals surface area (Å²) < 4.78 is 12.2. The standard InChI is InChI=1S/C23H31N3O7/c1-8-19(32-14(4)27)13(3)20(33-15(5)28)11-26-18-10-17(25(6)7)12(2)9-16(18)24-21(22(26)29)23(30)31/h9-10,13,19-20H,8,11H2,1-7H3,(H,30,31). The predicted molar refractivity (Wildman–Crippen MR) is 123 cm³/mol. The van der Waals surface area contributed by atoms with Crippen molar-refractivity contribution in [1.82, 2.24) is 9.55 Å². The Bertz CT molecular complexity index is 1120. The maximum Gasteiger partial charge on any atom is 0.360 e. The second kappa shape index (κ2) is 10.5. The monoisotopic (exact) mass is 461 g/mol. The molecule has 3 unspecified atom stereocenters. The molecule has 0 aliphatic carbocycles. The van der Waals surface area contributed by atoms with Crippen LogP contribution in [0.15, 0.2) is 16.9 Å². The normalized spacial score (nSPS) is 13.8. The fraction of sp³-hybridized carbons (Fsp3) is 0.522. The van der Waals surface area contributed by atoms with Gasteiger partial charge in [-0.1, -0.05) is 13.8 Å². The first-order chi connectivity index (χ1) is 15.4. The molecule has 1 N–H and O–H groups in total. The molecule has 0 aliphatic rings. The molecular formula is C23H31N3O7. The van der Waals surface area contributed by atoms with Crippen molar-refractivity contribution in [2.24, 2.45) is 5.92 Å². The van der Waals surface area contributed by atoms with Gasteiger partial charge in [0.1, 0.15) is 12.2 Å². The van der Waals surface area contributed by atoms with E-state index < -0.39 is 47.3 Å². The summed E-state index contributed by atoms with van der Waals surface area (Å²) in [4.78, 5) is 54.2. The lowest BCUT2D eigenvalue weighted by Crippen LogP contribution is -2.41. The largest absolute Gasteiger partial charge is 0.476 e. The predicted octanol–water partition coefficient (Wildman–Crippen LogP) is 2.38. The average molecular weight is 462 g/mol. The van der Waals surface area contributed by atoms with Gasteiger partial charge in [-0.3, -0.25) is 14.4 Å². The molecule has 0 bridgehead atoms. The molecule has 2 rings (SSSR count). The van der Waals surface area contributed by atoms with Gasteiger partial charge < -0.3 is 24.0 Å². The number of carboxylic acid groups (broad SMARTS) is 1. The topological polar surface area (TPSA) is 128 Å². The number of benzene rings is 1. The highest BCUT2D eigenvalue weighted by molar-refractivity contribution is 5.89. The van der Waals surface area contributed by atoms with Gasteiger partial charge in [-0.2, -0.15) is 0 Å². The molecule has 3 atom stereocenters. The maximum atomic E-state index is 13.1. The van der Waals surface area contributed by atoms with Crippen LogP contribution >= 0.6 is 0 Å². The summed E-state index contributed by atoms with van der Waals surface area (Å²) >= 11 is 0. The Balaban J connectivity index is 2.72. The number of anilines is 1. The van der Waals surface area contributed by atoms with Crippen LogP contribution in [0.1, 0.15) is 50.2 Å². The van der Waals surface area contributed by atoms with Crippen LogP contribution in [0.2, 0.25) is 0 Å². The molecule has 0 amide bonds. The number of carbonyl (C=O) groups excluding carboxylic acids is 2. The second-order valence-electron chi connectivity index (χ2n) is 8.27. The molecule has 10 nitrogen and oxygen atoms in total. The first-order valence-electron chi connectivity index (χ1n) is 10.7. The lowest BCUT2D eigenvalue weighted by molar-refractivity contribution is -0.159. The summed E-state index contributed by atoms with van der Waals surface area (Å²) in [7, 11) is 3.70.